The summed E-state index contributed by atoms with van der Waals surface area (Å²) in [6.07, 6.45) is 0.597. The Labute approximate surface area is 146 Å². The van der Waals surface area contributed by atoms with E-state index in [-0.39, 0.29) is 5.04 Å². The van der Waals surface area contributed by atoms with E-state index in [1.807, 2.05) is 54.6 Å². The molecule has 4 heteroatoms. The molecule has 1 N–H and O–H groups in total. The molecule has 0 heterocycles. The monoisotopic (exact) mass is 341 g/mol. The van der Waals surface area contributed by atoms with Crippen LogP contribution < -0.4 is 4.43 Å². The van der Waals surface area contributed by atoms with E-state index >= 15 is 0 Å². The first-order valence-corrected chi connectivity index (χ1v) is 11.2. The molecule has 0 aliphatic carbocycles. The van der Waals surface area contributed by atoms with Crippen LogP contribution in [0.5, 0.6) is 5.75 Å². The van der Waals surface area contributed by atoms with E-state index in [1.54, 1.807) is 0 Å². The van der Waals surface area contributed by atoms with E-state index < -0.39 is 8.32 Å². The fourth-order valence-corrected chi connectivity index (χ4v) is 3.18. The minimum absolute atomic E-state index is 0.163. The zero-order valence-electron chi connectivity index (χ0n) is 15.2. The highest BCUT2D eigenvalue weighted by Crippen LogP contribution is 2.37. The van der Waals surface area contributed by atoms with Crippen LogP contribution in [0.3, 0.4) is 0 Å². The molecule has 0 fully saturated rings. The van der Waals surface area contributed by atoms with Crippen molar-refractivity contribution in [1.82, 2.24) is 0 Å². The first-order valence-electron chi connectivity index (χ1n) is 8.27. The smallest absolute Gasteiger partial charge is 0.250 e. The largest absolute Gasteiger partial charge is 0.544 e. The Balaban J connectivity index is 2.13. The van der Waals surface area contributed by atoms with E-state index in [2.05, 4.69) is 39.0 Å². The van der Waals surface area contributed by atoms with Gasteiger partial charge in [-0.05, 0) is 53.5 Å². The fourth-order valence-electron chi connectivity index (χ4n) is 2.15. The van der Waals surface area contributed by atoms with Crippen LogP contribution in [0.1, 0.15) is 31.9 Å². The van der Waals surface area contributed by atoms with Crippen molar-refractivity contribution in [2.45, 2.75) is 45.3 Å². The molecule has 2 aromatic rings. The van der Waals surface area contributed by atoms with E-state index in [0.717, 1.165) is 16.9 Å². The van der Waals surface area contributed by atoms with Crippen molar-refractivity contribution < 1.29 is 9.63 Å². The minimum atomic E-state index is -1.84. The summed E-state index contributed by atoms with van der Waals surface area (Å²) in [6.45, 7) is 11.1. The molecule has 0 spiro atoms. The summed E-state index contributed by atoms with van der Waals surface area (Å²) in [7, 11) is -1.84. The number of nitrogens with zero attached hydrogens (tertiary/aromatic N) is 1. The van der Waals surface area contributed by atoms with Gasteiger partial charge in [-0.3, -0.25) is 0 Å². The third-order valence-corrected chi connectivity index (χ3v) is 9.06. The van der Waals surface area contributed by atoms with Crippen LogP contribution in [0, 0.1) is 0 Å². The summed E-state index contributed by atoms with van der Waals surface area (Å²) >= 11 is 0. The van der Waals surface area contributed by atoms with Gasteiger partial charge in [-0.1, -0.05) is 56.3 Å². The maximum Gasteiger partial charge on any atom is 0.250 e. The summed E-state index contributed by atoms with van der Waals surface area (Å²) in [5.74, 6) is 0.877. The molecule has 0 radical (unpaired) electrons. The molecule has 0 aromatic heterocycles. The Morgan fingerprint density at radius 2 is 1.58 bits per heavy atom. The van der Waals surface area contributed by atoms with E-state index in [1.165, 1.54) is 0 Å². The van der Waals surface area contributed by atoms with E-state index in [0.29, 0.717) is 12.1 Å². The molecule has 3 nitrogen and oxygen atoms in total. The van der Waals surface area contributed by atoms with Crippen molar-refractivity contribution in [3.8, 4) is 5.75 Å². The Morgan fingerprint density at radius 3 is 2.08 bits per heavy atom. The third kappa shape index (κ3) is 4.48. The molecule has 0 saturated heterocycles. The predicted molar refractivity (Wildman–Crippen MR) is 103 cm³/mol. The highest BCUT2D eigenvalue weighted by molar-refractivity contribution is 6.74. The topological polar surface area (TPSA) is 41.8 Å². The molecule has 0 saturated carbocycles. The Hall–Kier alpha value is -2.07. The second kappa shape index (κ2) is 7.22. The lowest BCUT2D eigenvalue weighted by molar-refractivity contribution is 0.318. The molecule has 0 atom stereocenters. The Kier molecular flexibility index (Phi) is 5.50. The lowest BCUT2D eigenvalue weighted by atomic mass is 10.0. The Morgan fingerprint density at radius 1 is 1.00 bits per heavy atom. The summed E-state index contributed by atoms with van der Waals surface area (Å²) in [5.41, 5.74) is 2.68. The number of oxime groups is 1. The zero-order valence-corrected chi connectivity index (χ0v) is 16.2. The number of hydrogen-bond acceptors (Lipinski definition) is 3. The van der Waals surface area contributed by atoms with Crippen molar-refractivity contribution in [2.75, 3.05) is 0 Å². The van der Waals surface area contributed by atoms with Crippen LogP contribution in [0.2, 0.25) is 18.1 Å². The molecule has 0 amide bonds. The molecular weight excluding hydrogens is 314 g/mol. The van der Waals surface area contributed by atoms with Gasteiger partial charge in [0.15, 0.2) is 0 Å². The van der Waals surface area contributed by atoms with Gasteiger partial charge in [0.05, 0.1) is 5.71 Å². The highest BCUT2D eigenvalue weighted by Gasteiger charge is 2.38. The van der Waals surface area contributed by atoms with Crippen molar-refractivity contribution >= 4 is 14.0 Å². The summed E-state index contributed by atoms with van der Waals surface area (Å²) in [4.78, 5) is 0. The third-order valence-electron chi connectivity index (χ3n) is 4.70. The van der Waals surface area contributed by atoms with Gasteiger partial charge in [0.25, 0.3) is 0 Å². The maximum atomic E-state index is 9.37. The van der Waals surface area contributed by atoms with Gasteiger partial charge in [0.2, 0.25) is 8.32 Å². The second-order valence-corrected chi connectivity index (χ2v) is 12.3. The van der Waals surface area contributed by atoms with Gasteiger partial charge in [-0.15, -0.1) is 0 Å². The van der Waals surface area contributed by atoms with Gasteiger partial charge in [0.1, 0.15) is 5.75 Å². The maximum absolute atomic E-state index is 9.37. The number of rotatable bonds is 5. The van der Waals surface area contributed by atoms with Crippen LogP contribution in [-0.4, -0.2) is 19.2 Å². The zero-order chi connectivity index (χ0) is 17.8. The van der Waals surface area contributed by atoms with Crippen LogP contribution in [0.4, 0.5) is 0 Å². The normalized spacial score (nSPS) is 13.0. The molecule has 128 valence electrons. The van der Waals surface area contributed by atoms with Gasteiger partial charge < -0.3 is 9.63 Å². The van der Waals surface area contributed by atoms with Crippen LogP contribution >= 0.6 is 0 Å². The van der Waals surface area contributed by atoms with Crippen molar-refractivity contribution in [3.63, 3.8) is 0 Å². The SMILES string of the molecule is CC(C)(C)[Si](C)(C)Oc1ccc(/C(Cc2ccccc2)=N/O)cc1. The first-order chi connectivity index (χ1) is 11.2. The highest BCUT2D eigenvalue weighted by atomic mass is 28.4. The van der Waals surface area contributed by atoms with Gasteiger partial charge in [-0.2, -0.15) is 0 Å². The van der Waals surface area contributed by atoms with Crippen molar-refractivity contribution in [3.05, 3.63) is 65.7 Å². The first kappa shape index (κ1) is 18.3. The molecule has 0 aliphatic heterocycles. The minimum Gasteiger partial charge on any atom is -0.544 e. The standard InChI is InChI=1S/C20H27NO2Si/c1-20(2,3)24(4,5)23-18-13-11-17(12-14-18)19(21-22)15-16-9-7-6-8-10-16/h6-14,22H,15H2,1-5H3/b21-19+. The second-order valence-electron chi connectivity index (χ2n) is 7.60. The molecule has 24 heavy (non-hydrogen) atoms. The summed E-state index contributed by atoms with van der Waals surface area (Å²) in [5, 5.41) is 13.0. The lowest BCUT2D eigenvalue weighted by Gasteiger charge is -2.36. The van der Waals surface area contributed by atoms with Crippen LogP contribution in [0.25, 0.3) is 0 Å². The van der Waals surface area contributed by atoms with Gasteiger partial charge in [0, 0.05) is 6.42 Å². The molecule has 2 rings (SSSR count). The lowest BCUT2D eigenvalue weighted by Crippen LogP contribution is -2.43. The number of benzene rings is 2. The summed E-state index contributed by atoms with van der Waals surface area (Å²) < 4.78 is 6.29. The van der Waals surface area contributed by atoms with Gasteiger partial charge >= 0.3 is 0 Å². The number of hydrogen-bond donors (Lipinski definition) is 1. The van der Waals surface area contributed by atoms with E-state index in [9.17, 15) is 5.21 Å². The molecule has 2 aromatic carbocycles. The van der Waals surface area contributed by atoms with E-state index in [4.69, 9.17) is 4.43 Å². The average Bonchev–Trinajstić information content (AvgIpc) is 2.53. The Bertz CT molecular complexity index is 686. The van der Waals surface area contributed by atoms with Gasteiger partial charge in [-0.25, -0.2) is 0 Å². The van der Waals surface area contributed by atoms with Crippen LogP contribution in [0.15, 0.2) is 59.8 Å². The van der Waals surface area contributed by atoms with Crippen molar-refractivity contribution in [1.29, 1.82) is 0 Å². The van der Waals surface area contributed by atoms with Crippen LogP contribution in [-0.2, 0) is 6.42 Å². The fraction of sp³-hybridized carbons (Fsp3) is 0.350. The predicted octanol–water partition coefficient (Wildman–Crippen LogP) is 5.49. The molecule has 0 aliphatic rings. The van der Waals surface area contributed by atoms with Crippen molar-refractivity contribution in [2.24, 2.45) is 5.16 Å². The summed E-state index contributed by atoms with van der Waals surface area (Å²) in [6, 6.07) is 17.9. The molecule has 0 unspecified atom stereocenters. The molecular formula is C20H27NO2Si. The molecule has 0 bridgehead atoms. The quantitative estimate of drug-likeness (QED) is 0.338. The average molecular weight is 342 g/mol.